The lowest BCUT2D eigenvalue weighted by molar-refractivity contribution is -0.141. The van der Waals surface area contributed by atoms with Gasteiger partial charge >= 0.3 is 0 Å². The van der Waals surface area contributed by atoms with E-state index in [0.29, 0.717) is 11.4 Å². The third-order valence-electron chi connectivity index (χ3n) is 6.71. The van der Waals surface area contributed by atoms with Crippen molar-refractivity contribution in [3.8, 4) is 0 Å². The molecule has 1 N–H and O–H groups in total. The predicted octanol–water partition coefficient (Wildman–Crippen LogP) is 5.89. The van der Waals surface area contributed by atoms with Crippen molar-refractivity contribution in [1.29, 1.82) is 0 Å². The van der Waals surface area contributed by atoms with Gasteiger partial charge in [-0.25, -0.2) is 0 Å². The summed E-state index contributed by atoms with van der Waals surface area (Å²) in [4.78, 5) is 29.2. The highest BCUT2D eigenvalue weighted by Crippen LogP contribution is 2.23. The predicted molar refractivity (Wildman–Crippen MR) is 141 cm³/mol. The van der Waals surface area contributed by atoms with Gasteiger partial charge in [-0.15, -0.1) is 0 Å². The van der Waals surface area contributed by atoms with E-state index in [-0.39, 0.29) is 30.8 Å². The normalized spacial score (nSPS) is 14.5. The van der Waals surface area contributed by atoms with Crippen LogP contribution in [0.25, 0.3) is 0 Å². The molecule has 2 amide bonds. The average molecular weight is 489 g/mol. The lowest BCUT2D eigenvalue weighted by Crippen LogP contribution is -2.52. The number of rotatable bonds is 9. The van der Waals surface area contributed by atoms with Crippen LogP contribution in [0.5, 0.6) is 0 Å². The van der Waals surface area contributed by atoms with Crippen molar-refractivity contribution in [2.45, 2.75) is 64.1 Å². The summed E-state index contributed by atoms with van der Waals surface area (Å²) < 4.78 is 0. The minimum Gasteiger partial charge on any atom is -0.352 e. The molecule has 35 heavy (non-hydrogen) atoms. The highest BCUT2D eigenvalue weighted by molar-refractivity contribution is 6.31. The summed E-state index contributed by atoms with van der Waals surface area (Å²) >= 11 is 6.50. The molecule has 3 aromatic rings. The smallest absolute Gasteiger partial charge is 0.243 e. The maximum Gasteiger partial charge on any atom is 0.243 e. The fraction of sp³-hybridized carbons (Fsp3) is 0.333. The molecule has 182 valence electrons. The summed E-state index contributed by atoms with van der Waals surface area (Å²) in [5.41, 5.74) is 3.90. The van der Waals surface area contributed by atoms with E-state index >= 15 is 0 Å². The molecule has 0 aromatic heterocycles. The van der Waals surface area contributed by atoms with Crippen molar-refractivity contribution in [3.05, 3.63) is 106 Å². The van der Waals surface area contributed by atoms with Gasteiger partial charge in [0, 0.05) is 24.0 Å². The zero-order valence-corrected chi connectivity index (χ0v) is 21.0. The first-order chi connectivity index (χ1) is 17.0. The molecule has 0 aliphatic heterocycles. The summed E-state index contributed by atoms with van der Waals surface area (Å²) in [6.45, 7) is 2.29. The molecule has 1 aliphatic rings. The molecule has 0 radical (unpaired) electrons. The molecule has 4 rings (SSSR count). The van der Waals surface area contributed by atoms with Gasteiger partial charge in [0.2, 0.25) is 11.8 Å². The van der Waals surface area contributed by atoms with Crippen molar-refractivity contribution < 1.29 is 9.59 Å². The maximum absolute atomic E-state index is 13.8. The molecule has 1 atom stereocenters. The number of hydrogen-bond donors (Lipinski definition) is 1. The van der Waals surface area contributed by atoms with Crippen molar-refractivity contribution in [3.63, 3.8) is 0 Å². The standard InChI is InChI=1S/C30H33ClN2O2/c1-22-10-9-13-24(18-22)20-29(34)33(21-25-14-5-8-17-27(25)31)28(19-23-11-3-2-4-12-23)30(35)32-26-15-6-7-16-26/h2-5,8-14,17-18,26,28H,6-7,15-16,19-21H2,1H3,(H,32,35)/t28-/m0/s1. The summed E-state index contributed by atoms with van der Waals surface area (Å²) in [6.07, 6.45) is 4.92. The Kier molecular flexibility index (Phi) is 8.59. The Hall–Kier alpha value is -3.11. The van der Waals surface area contributed by atoms with Crippen molar-refractivity contribution in [2.24, 2.45) is 0 Å². The van der Waals surface area contributed by atoms with Crippen LogP contribution < -0.4 is 5.32 Å². The molecule has 3 aromatic carbocycles. The number of nitrogens with zero attached hydrogens (tertiary/aromatic N) is 1. The Bertz CT molecular complexity index is 1140. The van der Waals surface area contributed by atoms with Gasteiger partial charge in [-0.2, -0.15) is 0 Å². The quantitative estimate of drug-likeness (QED) is 0.408. The monoisotopic (exact) mass is 488 g/mol. The zero-order chi connectivity index (χ0) is 24.6. The lowest BCUT2D eigenvalue weighted by Gasteiger charge is -2.32. The van der Waals surface area contributed by atoms with Gasteiger partial charge in [-0.05, 0) is 42.5 Å². The number of halogens is 1. The van der Waals surface area contributed by atoms with Crippen LogP contribution in [0, 0.1) is 6.92 Å². The summed E-state index contributed by atoms with van der Waals surface area (Å²) in [7, 11) is 0. The summed E-state index contributed by atoms with van der Waals surface area (Å²) in [5.74, 6) is -0.177. The van der Waals surface area contributed by atoms with Gasteiger partial charge in [0.05, 0.1) is 6.42 Å². The number of hydrogen-bond acceptors (Lipinski definition) is 2. The fourth-order valence-corrected chi connectivity index (χ4v) is 5.03. The molecule has 5 heteroatoms. The van der Waals surface area contributed by atoms with Gasteiger partial charge < -0.3 is 10.2 Å². The largest absolute Gasteiger partial charge is 0.352 e. The number of nitrogens with one attached hydrogen (secondary N) is 1. The second kappa shape index (κ2) is 12.0. The van der Waals surface area contributed by atoms with E-state index in [9.17, 15) is 9.59 Å². The molecule has 1 fully saturated rings. The Morgan fingerprint density at radius 3 is 2.34 bits per heavy atom. The fourth-order valence-electron chi connectivity index (χ4n) is 4.83. The molecule has 0 saturated heterocycles. The van der Waals surface area contributed by atoms with Crippen molar-refractivity contribution in [2.75, 3.05) is 0 Å². The SMILES string of the molecule is Cc1cccc(CC(=O)N(Cc2ccccc2Cl)[C@@H](Cc2ccccc2)C(=O)NC2CCCC2)c1. The molecule has 1 saturated carbocycles. The first-order valence-corrected chi connectivity index (χ1v) is 12.8. The highest BCUT2D eigenvalue weighted by Gasteiger charge is 2.32. The molecular formula is C30H33ClN2O2. The Morgan fingerprint density at radius 2 is 1.63 bits per heavy atom. The van der Waals surface area contributed by atoms with Crippen LogP contribution in [0.1, 0.15) is 47.9 Å². The van der Waals surface area contributed by atoms with E-state index in [1.54, 1.807) is 4.90 Å². The van der Waals surface area contributed by atoms with Gasteiger partial charge in [-0.1, -0.05) is 103 Å². The molecule has 4 nitrogen and oxygen atoms in total. The van der Waals surface area contributed by atoms with Crippen LogP contribution >= 0.6 is 11.6 Å². The van der Waals surface area contributed by atoms with Crippen LogP contribution in [0.15, 0.2) is 78.9 Å². The van der Waals surface area contributed by atoms with E-state index in [2.05, 4.69) is 5.32 Å². The minimum absolute atomic E-state index is 0.0852. The van der Waals surface area contributed by atoms with E-state index in [0.717, 1.165) is 47.9 Å². The second-order valence-corrected chi connectivity index (χ2v) is 9.88. The number of aryl methyl sites for hydroxylation is 1. The Morgan fingerprint density at radius 1 is 0.943 bits per heavy atom. The van der Waals surface area contributed by atoms with Crippen LogP contribution in [-0.4, -0.2) is 28.8 Å². The van der Waals surface area contributed by atoms with Gasteiger partial charge in [0.1, 0.15) is 6.04 Å². The van der Waals surface area contributed by atoms with E-state index in [1.165, 1.54) is 0 Å². The third kappa shape index (κ3) is 6.95. The second-order valence-electron chi connectivity index (χ2n) is 9.47. The molecule has 1 aliphatic carbocycles. The van der Waals surface area contributed by atoms with E-state index in [1.807, 2.05) is 85.8 Å². The molecule has 0 heterocycles. The number of benzene rings is 3. The van der Waals surface area contributed by atoms with Gasteiger partial charge in [0.15, 0.2) is 0 Å². The number of carbonyl (C=O) groups excluding carboxylic acids is 2. The zero-order valence-electron chi connectivity index (χ0n) is 20.3. The lowest BCUT2D eigenvalue weighted by atomic mass is 10.0. The summed E-state index contributed by atoms with van der Waals surface area (Å²) in [5, 5.41) is 3.84. The minimum atomic E-state index is -0.633. The van der Waals surface area contributed by atoms with Gasteiger partial charge in [0.25, 0.3) is 0 Å². The molecule has 0 bridgehead atoms. The van der Waals surface area contributed by atoms with Crippen LogP contribution in [0.2, 0.25) is 5.02 Å². The first-order valence-electron chi connectivity index (χ1n) is 12.4. The van der Waals surface area contributed by atoms with Crippen LogP contribution in [-0.2, 0) is 29.0 Å². The Labute approximate surface area is 213 Å². The van der Waals surface area contributed by atoms with E-state index < -0.39 is 6.04 Å². The third-order valence-corrected chi connectivity index (χ3v) is 7.08. The number of amides is 2. The molecule has 0 unspecified atom stereocenters. The van der Waals surface area contributed by atoms with Crippen molar-refractivity contribution >= 4 is 23.4 Å². The van der Waals surface area contributed by atoms with E-state index in [4.69, 9.17) is 11.6 Å². The van der Waals surface area contributed by atoms with Gasteiger partial charge in [-0.3, -0.25) is 9.59 Å². The molecule has 0 spiro atoms. The van der Waals surface area contributed by atoms with Crippen molar-refractivity contribution in [1.82, 2.24) is 10.2 Å². The highest BCUT2D eigenvalue weighted by atomic mass is 35.5. The number of carbonyl (C=O) groups is 2. The maximum atomic E-state index is 13.8. The van der Waals surface area contributed by atoms with Crippen LogP contribution in [0.3, 0.4) is 0 Å². The Balaban J connectivity index is 1.67. The average Bonchev–Trinajstić information content (AvgIpc) is 3.36. The first kappa shape index (κ1) is 25.0. The molecular weight excluding hydrogens is 456 g/mol. The van der Waals surface area contributed by atoms with Crippen LogP contribution in [0.4, 0.5) is 0 Å². The topological polar surface area (TPSA) is 49.4 Å². The summed E-state index contributed by atoms with van der Waals surface area (Å²) in [6, 6.07) is 24.9.